The Bertz CT molecular complexity index is 449. The second kappa shape index (κ2) is 4.83. The van der Waals surface area contributed by atoms with Crippen molar-refractivity contribution in [2.45, 2.75) is 19.8 Å². The van der Waals surface area contributed by atoms with Crippen LogP contribution in [0.4, 0.5) is 0 Å². The van der Waals surface area contributed by atoms with Crippen LogP contribution in [0.15, 0.2) is 34.5 Å². The van der Waals surface area contributed by atoms with Gasteiger partial charge in [0.05, 0.1) is 12.9 Å². The first-order valence-corrected chi connectivity index (χ1v) is 6.09. The molecule has 0 bridgehead atoms. The van der Waals surface area contributed by atoms with E-state index in [0.29, 0.717) is 0 Å². The monoisotopic (exact) mass is 280 g/mol. The molecule has 0 spiro atoms. The number of ketones is 1. The summed E-state index contributed by atoms with van der Waals surface area (Å²) in [4.78, 5) is 12.2. The lowest BCUT2D eigenvalue weighted by atomic mass is 9.96. The summed E-state index contributed by atoms with van der Waals surface area (Å²) in [6.45, 7) is 2.67. The van der Waals surface area contributed by atoms with E-state index in [1.165, 1.54) is 0 Å². The van der Waals surface area contributed by atoms with Crippen LogP contribution in [0.2, 0.25) is 0 Å². The Balaban J connectivity index is 2.30. The molecule has 2 nitrogen and oxygen atoms in total. The summed E-state index contributed by atoms with van der Waals surface area (Å²) in [6.07, 6.45) is 3.34. The predicted molar refractivity (Wildman–Crippen MR) is 66.5 cm³/mol. The lowest BCUT2D eigenvalue weighted by Gasteiger charge is -2.13. The second-order valence-corrected chi connectivity index (χ2v) is 4.82. The average Bonchev–Trinajstić information content (AvgIpc) is 2.29. The zero-order valence-corrected chi connectivity index (χ0v) is 10.7. The Kier molecular flexibility index (Phi) is 3.44. The van der Waals surface area contributed by atoms with Crippen molar-refractivity contribution < 1.29 is 9.53 Å². The molecule has 1 aliphatic heterocycles. The van der Waals surface area contributed by atoms with E-state index in [1.807, 2.05) is 25.1 Å². The van der Waals surface area contributed by atoms with Gasteiger partial charge in [-0.15, -0.1) is 0 Å². The Labute approximate surface area is 103 Å². The highest BCUT2D eigenvalue weighted by atomic mass is 79.9. The second-order valence-electron chi connectivity index (χ2n) is 3.91. The van der Waals surface area contributed by atoms with Gasteiger partial charge in [0, 0.05) is 15.6 Å². The molecular formula is C13H13BrO2. The standard InChI is InChI=1S/C13H13BrO2/c1-9-7-11(14)4-5-12(9)13(15)10-3-2-6-16-8-10/h4-5,7-8H,2-3,6H2,1H3. The van der Waals surface area contributed by atoms with E-state index in [1.54, 1.807) is 6.26 Å². The fourth-order valence-corrected chi connectivity index (χ4v) is 2.26. The molecule has 0 aliphatic carbocycles. The van der Waals surface area contributed by atoms with Gasteiger partial charge in [0.2, 0.25) is 0 Å². The van der Waals surface area contributed by atoms with E-state index in [4.69, 9.17) is 4.74 Å². The molecule has 16 heavy (non-hydrogen) atoms. The summed E-state index contributed by atoms with van der Waals surface area (Å²) >= 11 is 3.39. The summed E-state index contributed by atoms with van der Waals surface area (Å²) in [6, 6.07) is 5.71. The van der Waals surface area contributed by atoms with Gasteiger partial charge in [0.25, 0.3) is 0 Å². The van der Waals surface area contributed by atoms with Crippen molar-refractivity contribution in [1.29, 1.82) is 0 Å². The first kappa shape index (κ1) is 11.4. The molecule has 0 N–H and O–H groups in total. The minimum Gasteiger partial charge on any atom is -0.501 e. The van der Waals surface area contributed by atoms with E-state index >= 15 is 0 Å². The predicted octanol–water partition coefficient (Wildman–Crippen LogP) is 3.63. The van der Waals surface area contributed by atoms with E-state index in [9.17, 15) is 4.79 Å². The summed E-state index contributed by atoms with van der Waals surface area (Å²) in [7, 11) is 0. The number of allylic oxidation sites excluding steroid dienone is 1. The quantitative estimate of drug-likeness (QED) is 0.774. The first-order chi connectivity index (χ1) is 7.68. The number of Topliss-reactive ketones (excluding diaryl/α,β-unsaturated/α-hetero) is 1. The molecule has 1 heterocycles. The largest absolute Gasteiger partial charge is 0.501 e. The molecule has 0 amide bonds. The number of hydrogen-bond donors (Lipinski definition) is 0. The van der Waals surface area contributed by atoms with Crippen molar-refractivity contribution in [2.75, 3.05) is 6.61 Å². The van der Waals surface area contributed by atoms with Crippen LogP contribution in [0.1, 0.15) is 28.8 Å². The van der Waals surface area contributed by atoms with Crippen LogP contribution >= 0.6 is 15.9 Å². The van der Waals surface area contributed by atoms with Gasteiger partial charge in [0.1, 0.15) is 0 Å². The lowest BCUT2D eigenvalue weighted by molar-refractivity contribution is 0.101. The van der Waals surface area contributed by atoms with Gasteiger partial charge in [-0.3, -0.25) is 4.79 Å². The van der Waals surface area contributed by atoms with Crippen molar-refractivity contribution in [2.24, 2.45) is 0 Å². The van der Waals surface area contributed by atoms with Crippen LogP contribution < -0.4 is 0 Å². The molecule has 1 aromatic rings. The van der Waals surface area contributed by atoms with Crippen molar-refractivity contribution >= 4 is 21.7 Å². The van der Waals surface area contributed by atoms with E-state index in [-0.39, 0.29) is 5.78 Å². The number of aryl methyl sites for hydroxylation is 1. The fraction of sp³-hybridized carbons (Fsp3) is 0.308. The average molecular weight is 281 g/mol. The number of benzene rings is 1. The highest BCUT2D eigenvalue weighted by Crippen LogP contribution is 2.22. The van der Waals surface area contributed by atoms with Crippen LogP contribution in [0.5, 0.6) is 0 Å². The summed E-state index contributed by atoms with van der Waals surface area (Å²) in [5, 5.41) is 0. The zero-order valence-electron chi connectivity index (χ0n) is 9.13. The van der Waals surface area contributed by atoms with Crippen LogP contribution in [-0.4, -0.2) is 12.4 Å². The van der Waals surface area contributed by atoms with Gasteiger partial charge in [-0.1, -0.05) is 15.9 Å². The third kappa shape index (κ3) is 2.35. The van der Waals surface area contributed by atoms with Gasteiger partial charge in [-0.2, -0.15) is 0 Å². The number of carbonyl (C=O) groups excluding carboxylic acids is 1. The number of halogens is 1. The third-order valence-electron chi connectivity index (χ3n) is 2.66. The number of rotatable bonds is 2. The topological polar surface area (TPSA) is 26.3 Å². The van der Waals surface area contributed by atoms with Gasteiger partial charge >= 0.3 is 0 Å². The van der Waals surface area contributed by atoms with Crippen molar-refractivity contribution in [3.8, 4) is 0 Å². The van der Waals surface area contributed by atoms with Crippen LogP contribution in [-0.2, 0) is 4.74 Å². The molecule has 0 saturated carbocycles. The van der Waals surface area contributed by atoms with Gasteiger partial charge in [-0.25, -0.2) is 0 Å². The Morgan fingerprint density at radius 3 is 2.88 bits per heavy atom. The molecule has 2 rings (SSSR count). The minimum atomic E-state index is 0.0877. The van der Waals surface area contributed by atoms with E-state index in [2.05, 4.69) is 15.9 Å². The highest BCUT2D eigenvalue weighted by molar-refractivity contribution is 9.10. The Morgan fingerprint density at radius 1 is 1.44 bits per heavy atom. The van der Waals surface area contributed by atoms with Crippen LogP contribution in [0.25, 0.3) is 0 Å². The summed E-state index contributed by atoms with van der Waals surface area (Å²) in [5.74, 6) is 0.0877. The molecule has 0 saturated heterocycles. The van der Waals surface area contributed by atoms with Gasteiger partial charge < -0.3 is 4.74 Å². The molecule has 0 radical (unpaired) electrons. The fourth-order valence-electron chi connectivity index (χ4n) is 1.79. The maximum absolute atomic E-state index is 12.2. The molecule has 0 aromatic heterocycles. The molecule has 1 aromatic carbocycles. The molecule has 84 valence electrons. The SMILES string of the molecule is Cc1cc(Br)ccc1C(=O)C1=COCCC1. The Hall–Kier alpha value is -1.09. The summed E-state index contributed by atoms with van der Waals surface area (Å²) < 4.78 is 6.19. The number of carbonyl (C=O) groups is 1. The molecule has 3 heteroatoms. The summed E-state index contributed by atoms with van der Waals surface area (Å²) in [5.41, 5.74) is 2.53. The Morgan fingerprint density at radius 2 is 2.25 bits per heavy atom. The van der Waals surface area contributed by atoms with Gasteiger partial charge in [0.15, 0.2) is 5.78 Å². The third-order valence-corrected chi connectivity index (χ3v) is 3.15. The minimum absolute atomic E-state index is 0.0877. The van der Waals surface area contributed by atoms with E-state index < -0.39 is 0 Å². The van der Waals surface area contributed by atoms with E-state index in [0.717, 1.165) is 40.6 Å². The maximum atomic E-state index is 12.2. The molecule has 0 atom stereocenters. The molecule has 1 aliphatic rings. The maximum Gasteiger partial charge on any atom is 0.192 e. The number of hydrogen-bond acceptors (Lipinski definition) is 2. The lowest BCUT2D eigenvalue weighted by Crippen LogP contribution is -2.10. The number of ether oxygens (including phenoxy) is 1. The molecule has 0 unspecified atom stereocenters. The first-order valence-electron chi connectivity index (χ1n) is 5.30. The van der Waals surface area contributed by atoms with Gasteiger partial charge in [-0.05, 0) is 43.5 Å². The van der Waals surface area contributed by atoms with Crippen LogP contribution in [0, 0.1) is 6.92 Å². The highest BCUT2D eigenvalue weighted by Gasteiger charge is 2.16. The van der Waals surface area contributed by atoms with Crippen LogP contribution in [0.3, 0.4) is 0 Å². The molecule has 0 fully saturated rings. The normalized spacial score (nSPS) is 15.2. The molecular weight excluding hydrogens is 268 g/mol. The zero-order chi connectivity index (χ0) is 11.5. The van der Waals surface area contributed by atoms with Crippen molar-refractivity contribution in [3.63, 3.8) is 0 Å². The van der Waals surface area contributed by atoms with Crippen molar-refractivity contribution in [1.82, 2.24) is 0 Å². The smallest absolute Gasteiger partial charge is 0.192 e. The van der Waals surface area contributed by atoms with Crippen molar-refractivity contribution in [3.05, 3.63) is 45.6 Å².